The molecule has 0 saturated carbocycles. The number of rotatable bonds is 6. The van der Waals surface area contributed by atoms with Crippen LogP contribution in [0.5, 0.6) is 11.5 Å². The monoisotopic (exact) mass is 306 g/mol. The van der Waals surface area contributed by atoms with Gasteiger partial charge in [-0.1, -0.05) is 48.0 Å². The molecule has 0 amide bonds. The van der Waals surface area contributed by atoms with Crippen molar-refractivity contribution in [2.75, 3.05) is 7.11 Å². The van der Waals surface area contributed by atoms with Crippen molar-refractivity contribution >= 4 is 17.6 Å². The maximum absolute atomic E-state index is 10.8. The normalized spacial score (nSPS) is 10.2. The molecule has 0 aliphatic heterocycles. The molecular weight excluding hydrogens is 292 g/mol. The van der Waals surface area contributed by atoms with Crippen LogP contribution in [0, 0.1) is 0 Å². The van der Waals surface area contributed by atoms with Crippen LogP contribution in [-0.2, 0) is 17.8 Å². The highest BCUT2D eigenvalue weighted by Crippen LogP contribution is 2.38. The Bertz CT molecular complexity index is 626. The van der Waals surface area contributed by atoms with Crippen LogP contribution in [0.15, 0.2) is 42.5 Å². The van der Waals surface area contributed by atoms with Crippen LogP contribution in [0.3, 0.4) is 0 Å². The molecule has 5 heteroatoms. The van der Waals surface area contributed by atoms with E-state index in [4.69, 9.17) is 26.2 Å². The molecule has 0 radical (unpaired) electrons. The molecule has 0 atom stereocenters. The number of aliphatic carboxylic acids is 1. The smallest absolute Gasteiger partial charge is 0.307 e. The molecule has 2 aromatic rings. The number of halogens is 1. The van der Waals surface area contributed by atoms with E-state index in [1.54, 1.807) is 12.1 Å². The molecule has 0 aromatic heterocycles. The lowest BCUT2D eigenvalue weighted by Gasteiger charge is -2.14. The van der Waals surface area contributed by atoms with E-state index in [1.807, 2.05) is 30.3 Å². The van der Waals surface area contributed by atoms with E-state index < -0.39 is 5.97 Å². The number of ether oxygens (including phenoxy) is 2. The number of carboxylic acids is 1. The van der Waals surface area contributed by atoms with Crippen LogP contribution >= 0.6 is 11.6 Å². The lowest BCUT2D eigenvalue weighted by atomic mass is 10.1. The first kappa shape index (κ1) is 15.2. The Balaban J connectivity index is 2.25. The minimum Gasteiger partial charge on any atom is -0.493 e. The first-order chi connectivity index (χ1) is 10.1. The van der Waals surface area contributed by atoms with Gasteiger partial charge < -0.3 is 14.6 Å². The van der Waals surface area contributed by atoms with Crippen LogP contribution in [0.4, 0.5) is 0 Å². The van der Waals surface area contributed by atoms with E-state index in [0.29, 0.717) is 23.7 Å². The molecule has 0 saturated heterocycles. The lowest BCUT2D eigenvalue weighted by Crippen LogP contribution is -2.04. The van der Waals surface area contributed by atoms with E-state index in [2.05, 4.69) is 0 Å². The molecule has 0 fully saturated rings. The van der Waals surface area contributed by atoms with Crippen molar-refractivity contribution in [1.29, 1.82) is 0 Å². The Morgan fingerprint density at radius 1 is 1.19 bits per heavy atom. The standard InChI is InChI=1S/C16H15ClO4/c1-20-13-8-7-12(9-14(18)19)15(17)16(13)21-10-11-5-3-2-4-6-11/h2-8H,9-10H2,1H3,(H,18,19). The maximum atomic E-state index is 10.8. The molecule has 0 bridgehead atoms. The molecular formula is C16H15ClO4. The molecule has 0 aliphatic rings. The fourth-order valence-corrected chi connectivity index (χ4v) is 2.18. The summed E-state index contributed by atoms with van der Waals surface area (Å²) in [6.45, 7) is 0.327. The Kier molecular flexibility index (Phi) is 5.06. The van der Waals surface area contributed by atoms with Gasteiger partial charge in [0.25, 0.3) is 0 Å². The van der Waals surface area contributed by atoms with Gasteiger partial charge in [-0.05, 0) is 17.2 Å². The zero-order chi connectivity index (χ0) is 15.2. The van der Waals surface area contributed by atoms with Gasteiger partial charge >= 0.3 is 5.97 Å². The summed E-state index contributed by atoms with van der Waals surface area (Å²) in [5.74, 6) is -0.108. The highest BCUT2D eigenvalue weighted by atomic mass is 35.5. The molecule has 0 spiro atoms. The van der Waals surface area contributed by atoms with Gasteiger partial charge in [-0.2, -0.15) is 0 Å². The van der Waals surface area contributed by atoms with Crippen molar-refractivity contribution in [3.05, 3.63) is 58.6 Å². The van der Waals surface area contributed by atoms with Crippen LogP contribution in [0.25, 0.3) is 0 Å². The average molecular weight is 307 g/mol. The third-order valence-electron chi connectivity index (χ3n) is 2.93. The van der Waals surface area contributed by atoms with Crippen molar-refractivity contribution in [2.24, 2.45) is 0 Å². The largest absolute Gasteiger partial charge is 0.493 e. The minimum absolute atomic E-state index is 0.162. The second-order valence-corrected chi connectivity index (χ2v) is 4.79. The molecule has 0 unspecified atom stereocenters. The number of methoxy groups -OCH3 is 1. The molecule has 2 aromatic carbocycles. The van der Waals surface area contributed by atoms with E-state index in [0.717, 1.165) is 5.56 Å². The first-order valence-electron chi connectivity index (χ1n) is 6.35. The van der Waals surface area contributed by atoms with Crippen molar-refractivity contribution in [2.45, 2.75) is 13.0 Å². The van der Waals surface area contributed by atoms with Crippen molar-refractivity contribution in [3.63, 3.8) is 0 Å². The van der Waals surface area contributed by atoms with Gasteiger partial charge in [0, 0.05) is 0 Å². The number of hydrogen-bond donors (Lipinski definition) is 1. The number of carbonyl (C=O) groups is 1. The summed E-state index contributed by atoms with van der Waals surface area (Å²) in [5.41, 5.74) is 1.48. The summed E-state index contributed by atoms with van der Waals surface area (Å²) >= 11 is 6.23. The maximum Gasteiger partial charge on any atom is 0.307 e. The molecule has 110 valence electrons. The summed E-state index contributed by atoms with van der Waals surface area (Å²) < 4.78 is 10.9. The lowest BCUT2D eigenvalue weighted by molar-refractivity contribution is -0.136. The van der Waals surface area contributed by atoms with E-state index in [-0.39, 0.29) is 11.4 Å². The van der Waals surface area contributed by atoms with Gasteiger partial charge in [-0.25, -0.2) is 0 Å². The van der Waals surface area contributed by atoms with Crippen molar-refractivity contribution in [1.82, 2.24) is 0 Å². The molecule has 2 rings (SSSR count). The van der Waals surface area contributed by atoms with Gasteiger partial charge in [0.05, 0.1) is 18.6 Å². The zero-order valence-corrected chi connectivity index (χ0v) is 12.3. The number of benzene rings is 2. The number of hydrogen-bond acceptors (Lipinski definition) is 3. The second kappa shape index (κ2) is 6.99. The predicted octanol–water partition coefficient (Wildman–Crippen LogP) is 3.55. The SMILES string of the molecule is COc1ccc(CC(=O)O)c(Cl)c1OCc1ccccc1. The van der Waals surface area contributed by atoms with E-state index in [1.165, 1.54) is 7.11 Å². The fraction of sp³-hybridized carbons (Fsp3) is 0.188. The third kappa shape index (κ3) is 3.89. The summed E-state index contributed by atoms with van der Waals surface area (Å²) in [6.07, 6.45) is -0.162. The predicted molar refractivity (Wildman–Crippen MR) is 80.1 cm³/mol. The average Bonchev–Trinajstić information content (AvgIpc) is 2.48. The fourth-order valence-electron chi connectivity index (χ4n) is 1.90. The van der Waals surface area contributed by atoms with E-state index in [9.17, 15) is 4.79 Å². The molecule has 21 heavy (non-hydrogen) atoms. The van der Waals surface area contributed by atoms with Gasteiger partial charge in [0.1, 0.15) is 6.61 Å². The Morgan fingerprint density at radius 3 is 2.52 bits per heavy atom. The summed E-state index contributed by atoms with van der Waals surface area (Å²) in [5, 5.41) is 9.16. The Hall–Kier alpha value is -2.20. The molecule has 0 aliphatic carbocycles. The molecule has 1 N–H and O–H groups in total. The second-order valence-electron chi connectivity index (χ2n) is 4.41. The topological polar surface area (TPSA) is 55.8 Å². The van der Waals surface area contributed by atoms with Crippen LogP contribution in [0.2, 0.25) is 5.02 Å². The highest BCUT2D eigenvalue weighted by Gasteiger charge is 2.16. The third-order valence-corrected chi connectivity index (χ3v) is 3.34. The molecule has 4 nitrogen and oxygen atoms in total. The summed E-state index contributed by atoms with van der Waals surface area (Å²) in [4.78, 5) is 10.8. The van der Waals surface area contributed by atoms with Gasteiger partial charge in [-0.15, -0.1) is 0 Å². The van der Waals surface area contributed by atoms with E-state index >= 15 is 0 Å². The quantitative estimate of drug-likeness (QED) is 0.886. The highest BCUT2D eigenvalue weighted by molar-refractivity contribution is 6.33. The minimum atomic E-state index is -0.948. The number of carboxylic acid groups (broad SMARTS) is 1. The molecule has 0 heterocycles. The van der Waals surface area contributed by atoms with Crippen LogP contribution in [-0.4, -0.2) is 18.2 Å². The van der Waals surface area contributed by atoms with Gasteiger partial charge in [0.15, 0.2) is 11.5 Å². The first-order valence-corrected chi connectivity index (χ1v) is 6.73. The Labute approximate surface area is 127 Å². The van der Waals surface area contributed by atoms with Crippen molar-refractivity contribution < 1.29 is 19.4 Å². The van der Waals surface area contributed by atoms with Gasteiger partial charge in [0.2, 0.25) is 0 Å². The Morgan fingerprint density at radius 2 is 1.90 bits per heavy atom. The zero-order valence-electron chi connectivity index (χ0n) is 11.5. The van der Waals surface area contributed by atoms with Crippen LogP contribution in [0.1, 0.15) is 11.1 Å². The van der Waals surface area contributed by atoms with Crippen LogP contribution < -0.4 is 9.47 Å². The van der Waals surface area contributed by atoms with Gasteiger partial charge in [-0.3, -0.25) is 4.79 Å². The van der Waals surface area contributed by atoms with Crippen molar-refractivity contribution in [3.8, 4) is 11.5 Å². The summed E-state index contributed by atoms with van der Waals surface area (Å²) in [6, 6.07) is 12.9. The summed E-state index contributed by atoms with van der Waals surface area (Å²) in [7, 11) is 1.51.